The fourth-order valence-corrected chi connectivity index (χ4v) is 5.41. The monoisotopic (exact) mass is 528 g/mol. The number of esters is 1. The zero-order chi connectivity index (χ0) is 26.6. The van der Waals surface area contributed by atoms with Gasteiger partial charge in [-0.05, 0) is 32.9 Å². The van der Waals surface area contributed by atoms with Crippen LogP contribution in [0.1, 0.15) is 32.6 Å². The second kappa shape index (κ2) is 11.5. The summed E-state index contributed by atoms with van der Waals surface area (Å²) in [5.41, 5.74) is -1.40. The Hall–Kier alpha value is -2.79. The van der Waals surface area contributed by atoms with Gasteiger partial charge in [0.2, 0.25) is 0 Å². The average Bonchev–Trinajstić information content (AvgIpc) is 3.08. The van der Waals surface area contributed by atoms with Gasteiger partial charge in [-0.15, -0.1) is 0 Å². The number of hydrogen-bond acceptors (Lipinski definition) is 9. The highest BCUT2D eigenvalue weighted by molar-refractivity contribution is 7.54. The number of benzene rings is 1. The number of ether oxygens (including phenoxy) is 2. The molecular formula is C23H30FN2O9P. The van der Waals surface area contributed by atoms with Gasteiger partial charge >= 0.3 is 19.3 Å². The first kappa shape index (κ1) is 27.8. The average molecular weight is 528 g/mol. The lowest BCUT2D eigenvalue weighted by Crippen LogP contribution is -2.36. The summed E-state index contributed by atoms with van der Waals surface area (Å²) in [6.07, 6.45) is -6.26. The number of halogens is 1. The Kier molecular flexibility index (Phi) is 8.89. The first-order valence-corrected chi connectivity index (χ1v) is 13.1. The molecule has 11 nitrogen and oxygen atoms in total. The lowest BCUT2D eigenvalue weighted by Gasteiger charge is -2.24. The summed E-state index contributed by atoms with van der Waals surface area (Å²) < 4.78 is 51.2. The van der Waals surface area contributed by atoms with Gasteiger partial charge in [0.05, 0.1) is 24.8 Å². The zero-order valence-corrected chi connectivity index (χ0v) is 21.2. The van der Waals surface area contributed by atoms with Crippen LogP contribution in [0.25, 0.3) is 0 Å². The molecule has 3 rings (SSSR count). The summed E-state index contributed by atoms with van der Waals surface area (Å²) in [6, 6.07) is 8.13. The number of H-pyrrole nitrogens is 1. The number of nitrogens with zero attached hydrogens (tertiary/aromatic N) is 1. The number of aryl methyl sites for hydroxylation is 1. The van der Waals surface area contributed by atoms with Crippen molar-refractivity contribution in [1.29, 1.82) is 0 Å². The first-order valence-electron chi connectivity index (χ1n) is 11.4. The molecule has 2 aromatic rings. The van der Waals surface area contributed by atoms with Crippen molar-refractivity contribution in [1.82, 2.24) is 9.55 Å². The molecule has 2 heterocycles. The highest BCUT2D eigenvalue weighted by Gasteiger charge is 2.47. The first-order chi connectivity index (χ1) is 16.9. The van der Waals surface area contributed by atoms with Crippen molar-refractivity contribution in [3.8, 4) is 5.75 Å². The molecule has 2 N–H and O–H groups in total. The topological polar surface area (TPSA) is 146 Å². The third-order valence-corrected chi connectivity index (χ3v) is 7.42. The molecular weight excluding hydrogens is 498 g/mol. The van der Waals surface area contributed by atoms with Gasteiger partial charge in [0.25, 0.3) is 5.56 Å². The van der Waals surface area contributed by atoms with Crippen LogP contribution in [0.2, 0.25) is 0 Å². The highest BCUT2D eigenvalue weighted by Crippen LogP contribution is 2.50. The molecule has 1 unspecified atom stereocenters. The van der Waals surface area contributed by atoms with E-state index in [4.69, 9.17) is 18.5 Å². The van der Waals surface area contributed by atoms with Crippen LogP contribution >= 0.6 is 7.60 Å². The van der Waals surface area contributed by atoms with E-state index in [9.17, 15) is 28.4 Å². The number of aromatic amines is 1. The molecule has 1 fully saturated rings. The van der Waals surface area contributed by atoms with Gasteiger partial charge in [-0.3, -0.25) is 23.7 Å². The van der Waals surface area contributed by atoms with Gasteiger partial charge in [0, 0.05) is 11.8 Å². The van der Waals surface area contributed by atoms with Gasteiger partial charge in [0.15, 0.2) is 12.4 Å². The number of carbonyl (C=O) groups excluding carboxylic acids is 1. The van der Waals surface area contributed by atoms with E-state index in [-0.39, 0.29) is 23.6 Å². The highest BCUT2D eigenvalue weighted by atomic mass is 31.2. The molecule has 0 amide bonds. The van der Waals surface area contributed by atoms with E-state index in [2.05, 4.69) is 0 Å². The predicted octanol–water partition coefficient (Wildman–Crippen LogP) is 2.32. The number of aliphatic hydroxyl groups is 1. The third-order valence-electron chi connectivity index (χ3n) is 5.39. The molecule has 0 saturated carbocycles. The minimum Gasteiger partial charge on any atom is -0.463 e. The third kappa shape index (κ3) is 6.70. The summed E-state index contributed by atoms with van der Waals surface area (Å²) in [5, 5.41) is 10.4. The maximum Gasteiger partial charge on any atom is 0.380 e. The van der Waals surface area contributed by atoms with Crippen LogP contribution in [-0.2, 0) is 23.4 Å². The fraction of sp³-hybridized carbons (Fsp3) is 0.522. The number of nitrogens with one attached hydrogen (secondary N) is 1. The van der Waals surface area contributed by atoms with E-state index in [0.717, 1.165) is 10.8 Å². The quantitative estimate of drug-likeness (QED) is 0.350. The second-order valence-corrected chi connectivity index (χ2v) is 10.9. The smallest absolute Gasteiger partial charge is 0.380 e. The number of aromatic nitrogens is 2. The van der Waals surface area contributed by atoms with Crippen molar-refractivity contribution < 1.29 is 37.4 Å². The molecule has 0 radical (unpaired) electrons. The summed E-state index contributed by atoms with van der Waals surface area (Å²) in [7, 11) is -4.04. The minimum absolute atomic E-state index is 0.141. The fourth-order valence-electron chi connectivity index (χ4n) is 3.54. The van der Waals surface area contributed by atoms with Crippen molar-refractivity contribution in [2.75, 3.05) is 12.8 Å². The van der Waals surface area contributed by atoms with Crippen molar-refractivity contribution in [3.63, 3.8) is 0 Å². The standard InChI is InChI=1S/C23H30FN2O9P/c1-13(2)33-22(29)15(4)12-36(31,35-16-8-6-5-7-9-16)32-11-17-19(27)18(24)21(34-17)26-10-14(3)20(28)25-23(26)30/h5-10,13,15,17-19,21,27H,11-12H2,1-4H3,(H,25,28,30)/t15-,17+,18-,19?,21+,36-/m1/s1. The number of carbonyl (C=O) groups is 1. The molecule has 13 heteroatoms. The van der Waals surface area contributed by atoms with E-state index in [1.165, 1.54) is 13.8 Å². The molecule has 198 valence electrons. The molecule has 0 spiro atoms. The number of aliphatic hydroxyl groups excluding tert-OH is 1. The normalized spacial score (nSPS) is 24.3. The van der Waals surface area contributed by atoms with Crippen LogP contribution in [0.5, 0.6) is 5.75 Å². The van der Waals surface area contributed by atoms with Crippen LogP contribution in [-0.4, -0.2) is 57.9 Å². The minimum atomic E-state index is -4.04. The number of rotatable bonds is 10. The SMILES string of the molecule is Cc1cn([C@H]2O[C@@H](CO[P@](=O)(C[C@@H](C)C(=O)OC(C)C)Oc3ccccc3)C(O)[C@H]2F)c(=O)[nH]c1=O. The van der Waals surface area contributed by atoms with Gasteiger partial charge in [0.1, 0.15) is 18.0 Å². The van der Waals surface area contributed by atoms with E-state index in [1.807, 2.05) is 4.98 Å². The maximum absolute atomic E-state index is 14.9. The summed E-state index contributed by atoms with van der Waals surface area (Å²) in [4.78, 5) is 38.1. The Morgan fingerprint density at radius 2 is 1.92 bits per heavy atom. The van der Waals surface area contributed by atoms with Gasteiger partial charge in [-0.2, -0.15) is 0 Å². The Morgan fingerprint density at radius 3 is 2.56 bits per heavy atom. The molecule has 1 aromatic carbocycles. The Morgan fingerprint density at radius 1 is 1.25 bits per heavy atom. The van der Waals surface area contributed by atoms with Crippen LogP contribution in [0, 0.1) is 12.8 Å². The van der Waals surface area contributed by atoms with Crippen molar-refractivity contribution >= 4 is 13.6 Å². The Labute approximate surface area is 206 Å². The van der Waals surface area contributed by atoms with E-state index in [0.29, 0.717) is 0 Å². The largest absolute Gasteiger partial charge is 0.463 e. The molecule has 0 bridgehead atoms. The maximum atomic E-state index is 14.9. The van der Waals surface area contributed by atoms with Crippen LogP contribution < -0.4 is 15.8 Å². The van der Waals surface area contributed by atoms with Gasteiger partial charge in [-0.1, -0.05) is 25.1 Å². The lowest BCUT2D eigenvalue weighted by atomic mass is 10.1. The van der Waals surface area contributed by atoms with Crippen molar-refractivity contribution in [2.45, 2.75) is 58.4 Å². The van der Waals surface area contributed by atoms with E-state index < -0.39 is 61.9 Å². The number of alkyl halides is 1. The van der Waals surface area contributed by atoms with Crippen molar-refractivity contribution in [2.24, 2.45) is 5.92 Å². The van der Waals surface area contributed by atoms with E-state index >= 15 is 0 Å². The van der Waals surface area contributed by atoms with Gasteiger partial charge < -0.3 is 19.1 Å². The molecule has 36 heavy (non-hydrogen) atoms. The summed E-state index contributed by atoms with van der Waals surface area (Å²) >= 11 is 0. The van der Waals surface area contributed by atoms with Crippen LogP contribution in [0.4, 0.5) is 4.39 Å². The second-order valence-electron chi connectivity index (χ2n) is 8.86. The van der Waals surface area contributed by atoms with Crippen LogP contribution in [0.3, 0.4) is 0 Å². The molecule has 1 aliphatic heterocycles. The summed E-state index contributed by atoms with van der Waals surface area (Å²) in [5.74, 6) is -1.24. The molecule has 1 saturated heterocycles. The number of para-hydroxylation sites is 1. The molecule has 6 atom stereocenters. The van der Waals surface area contributed by atoms with Crippen molar-refractivity contribution in [3.05, 3.63) is 62.9 Å². The van der Waals surface area contributed by atoms with E-state index in [1.54, 1.807) is 44.2 Å². The van der Waals surface area contributed by atoms with Crippen LogP contribution in [0.15, 0.2) is 46.1 Å². The Bertz CT molecular complexity index is 1220. The Balaban J connectivity index is 1.77. The lowest BCUT2D eigenvalue weighted by molar-refractivity contribution is -0.151. The molecule has 1 aromatic heterocycles. The number of hydrogen-bond donors (Lipinski definition) is 2. The molecule has 1 aliphatic rings. The summed E-state index contributed by atoms with van der Waals surface area (Å²) in [6.45, 7) is 5.73. The van der Waals surface area contributed by atoms with Gasteiger partial charge in [-0.25, -0.2) is 13.8 Å². The predicted molar refractivity (Wildman–Crippen MR) is 127 cm³/mol. The molecule has 0 aliphatic carbocycles. The zero-order valence-electron chi connectivity index (χ0n) is 20.3.